The Hall–Kier alpha value is -1.81. The van der Waals surface area contributed by atoms with Crippen molar-refractivity contribution in [2.24, 2.45) is 5.41 Å². The molecule has 2 aromatic rings. The Morgan fingerprint density at radius 3 is 2.50 bits per heavy atom. The van der Waals surface area contributed by atoms with Crippen LogP contribution < -0.4 is 5.32 Å². The van der Waals surface area contributed by atoms with Crippen LogP contribution in [0.25, 0.3) is 0 Å². The maximum absolute atomic E-state index is 13.3. The molecular weight excluding hydrogens is 282 g/mol. The lowest BCUT2D eigenvalue weighted by molar-refractivity contribution is 0.310. The first kappa shape index (κ1) is 16.6. The second kappa shape index (κ2) is 6.97. The van der Waals surface area contributed by atoms with Crippen molar-refractivity contribution in [1.29, 1.82) is 0 Å². The number of pyridine rings is 1. The molecule has 1 atom stereocenters. The maximum Gasteiger partial charge on any atom is 0.159 e. The number of hydrogen-bond acceptors (Lipinski definition) is 2. The van der Waals surface area contributed by atoms with Gasteiger partial charge in [-0.2, -0.15) is 0 Å². The van der Waals surface area contributed by atoms with Crippen LogP contribution in [0.2, 0.25) is 0 Å². The summed E-state index contributed by atoms with van der Waals surface area (Å²) in [7, 11) is 0. The van der Waals surface area contributed by atoms with Crippen LogP contribution in [-0.2, 0) is 6.54 Å². The summed E-state index contributed by atoms with van der Waals surface area (Å²) >= 11 is 0. The van der Waals surface area contributed by atoms with Crippen molar-refractivity contribution < 1.29 is 8.78 Å². The number of halogens is 2. The molecule has 0 aliphatic rings. The standard InChI is InChI=1S/C18H22F2N2/c1-18(2,3)10-17(14-5-4-8-21-12-14)22-11-13-6-7-15(19)16(20)9-13/h4-9,12,17,22H,10-11H2,1-3H3. The van der Waals surface area contributed by atoms with Crippen LogP contribution >= 0.6 is 0 Å². The summed E-state index contributed by atoms with van der Waals surface area (Å²) in [6.45, 7) is 7.01. The van der Waals surface area contributed by atoms with E-state index >= 15 is 0 Å². The summed E-state index contributed by atoms with van der Waals surface area (Å²) in [5.74, 6) is -1.63. The zero-order valence-electron chi connectivity index (χ0n) is 13.2. The van der Waals surface area contributed by atoms with E-state index in [-0.39, 0.29) is 11.5 Å². The highest BCUT2D eigenvalue weighted by Gasteiger charge is 2.20. The Morgan fingerprint density at radius 1 is 1.14 bits per heavy atom. The third-order valence-electron chi connectivity index (χ3n) is 3.44. The van der Waals surface area contributed by atoms with Crippen molar-refractivity contribution in [3.05, 3.63) is 65.5 Å². The van der Waals surface area contributed by atoms with E-state index in [4.69, 9.17) is 0 Å². The predicted molar refractivity (Wildman–Crippen MR) is 84.2 cm³/mol. The van der Waals surface area contributed by atoms with E-state index in [1.807, 2.05) is 18.3 Å². The van der Waals surface area contributed by atoms with Gasteiger partial charge in [0.1, 0.15) is 0 Å². The highest BCUT2D eigenvalue weighted by atomic mass is 19.2. The van der Waals surface area contributed by atoms with Crippen molar-refractivity contribution in [1.82, 2.24) is 10.3 Å². The fourth-order valence-corrected chi connectivity index (χ4v) is 2.39. The van der Waals surface area contributed by atoms with Gasteiger partial charge >= 0.3 is 0 Å². The van der Waals surface area contributed by atoms with Crippen molar-refractivity contribution in [2.45, 2.75) is 39.8 Å². The Morgan fingerprint density at radius 2 is 1.91 bits per heavy atom. The van der Waals surface area contributed by atoms with Crippen LogP contribution in [0.15, 0.2) is 42.7 Å². The molecule has 0 saturated heterocycles. The number of aromatic nitrogens is 1. The lowest BCUT2D eigenvalue weighted by Gasteiger charge is -2.27. The highest BCUT2D eigenvalue weighted by Crippen LogP contribution is 2.29. The van der Waals surface area contributed by atoms with Gasteiger partial charge in [-0.1, -0.05) is 32.9 Å². The highest BCUT2D eigenvalue weighted by molar-refractivity contribution is 5.19. The molecule has 2 rings (SSSR count). The zero-order chi connectivity index (χ0) is 16.2. The van der Waals surface area contributed by atoms with Gasteiger partial charge in [-0.15, -0.1) is 0 Å². The van der Waals surface area contributed by atoms with Gasteiger partial charge < -0.3 is 5.32 Å². The van der Waals surface area contributed by atoms with Crippen molar-refractivity contribution in [3.8, 4) is 0 Å². The third-order valence-corrected chi connectivity index (χ3v) is 3.44. The minimum atomic E-state index is -0.817. The van der Waals surface area contributed by atoms with E-state index < -0.39 is 11.6 Å². The summed E-state index contributed by atoms with van der Waals surface area (Å²) in [6.07, 6.45) is 4.50. The predicted octanol–water partition coefficient (Wildman–Crippen LogP) is 4.63. The number of nitrogens with zero attached hydrogens (tertiary/aromatic N) is 1. The van der Waals surface area contributed by atoms with Gasteiger partial charge in [0.15, 0.2) is 11.6 Å². The van der Waals surface area contributed by atoms with Crippen molar-refractivity contribution in [3.63, 3.8) is 0 Å². The van der Waals surface area contributed by atoms with Gasteiger partial charge in [0.05, 0.1) is 0 Å². The van der Waals surface area contributed by atoms with Crippen LogP contribution in [0.5, 0.6) is 0 Å². The molecule has 118 valence electrons. The monoisotopic (exact) mass is 304 g/mol. The molecule has 1 unspecified atom stereocenters. The molecule has 1 N–H and O–H groups in total. The number of hydrogen-bond donors (Lipinski definition) is 1. The molecule has 1 aromatic carbocycles. The molecule has 1 heterocycles. The van der Waals surface area contributed by atoms with Crippen LogP contribution in [-0.4, -0.2) is 4.98 Å². The maximum atomic E-state index is 13.3. The minimum absolute atomic E-state index is 0.113. The summed E-state index contributed by atoms with van der Waals surface area (Å²) in [6, 6.07) is 8.05. The summed E-state index contributed by atoms with van der Waals surface area (Å²) in [5, 5.41) is 3.43. The molecule has 2 nitrogen and oxygen atoms in total. The second-order valence-electron chi connectivity index (χ2n) is 6.73. The Kier molecular flexibility index (Phi) is 5.24. The molecule has 0 radical (unpaired) electrons. The van der Waals surface area contributed by atoms with Crippen molar-refractivity contribution >= 4 is 0 Å². The fourth-order valence-electron chi connectivity index (χ4n) is 2.39. The van der Waals surface area contributed by atoms with E-state index in [0.717, 1.165) is 23.6 Å². The van der Waals surface area contributed by atoms with Gasteiger partial charge in [0.2, 0.25) is 0 Å². The largest absolute Gasteiger partial charge is 0.306 e. The Bertz CT molecular complexity index is 606. The first-order chi connectivity index (χ1) is 10.3. The number of benzene rings is 1. The quantitative estimate of drug-likeness (QED) is 0.871. The van der Waals surface area contributed by atoms with Crippen LogP contribution in [0.3, 0.4) is 0 Å². The average molecular weight is 304 g/mol. The van der Waals surface area contributed by atoms with Gasteiger partial charge in [0, 0.05) is 25.0 Å². The molecule has 22 heavy (non-hydrogen) atoms. The lowest BCUT2D eigenvalue weighted by Crippen LogP contribution is -2.25. The number of nitrogens with one attached hydrogen (secondary N) is 1. The molecule has 1 aromatic heterocycles. The summed E-state index contributed by atoms with van der Waals surface area (Å²) in [5.41, 5.74) is 1.96. The number of rotatable bonds is 5. The first-order valence-electron chi connectivity index (χ1n) is 7.42. The van der Waals surface area contributed by atoms with E-state index in [9.17, 15) is 8.78 Å². The van der Waals surface area contributed by atoms with Gasteiger partial charge in [-0.25, -0.2) is 8.78 Å². The molecule has 0 fully saturated rings. The van der Waals surface area contributed by atoms with Crippen LogP contribution in [0, 0.1) is 17.0 Å². The molecule has 4 heteroatoms. The molecule has 0 aliphatic carbocycles. The smallest absolute Gasteiger partial charge is 0.159 e. The zero-order valence-corrected chi connectivity index (χ0v) is 13.2. The SMILES string of the molecule is CC(C)(C)CC(NCc1ccc(F)c(F)c1)c1cccnc1. The third kappa shape index (κ3) is 4.88. The summed E-state index contributed by atoms with van der Waals surface area (Å²) < 4.78 is 26.3. The molecule has 0 amide bonds. The first-order valence-corrected chi connectivity index (χ1v) is 7.42. The second-order valence-corrected chi connectivity index (χ2v) is 6.73. The van der Waals surface area contributed by atoms with E-state index in [2.05, 4.69) is 31.1 Å². The lowest BCUT2D eigenvalue weighted by atomic mass is 9.86. The van der Waals surface area contributed by atoms with Crippen LogP contribution in [0.4, 0.5) is 8.78 Å². The van der Waals surface area contributed by atoms with Crippen LogP contribution in [0.1, 0.15) is 44.4 Å². The Balaban J connectivity index is 2.11. The fraction of sp³-hybridized carbons (Fsp3) is 0.389. The molecule has 0 spiro atoms. The van der Waals surface area contributed by atoms with Gasteiger partial charge in [-0.05, 0) is 41.2 Å². The average Bonchev–Trinajstić information content (AvgIpc) is 2.47. The van der Waals surface area contributed by atoms with Crippen molar-refractivity contribution in [2.75, 3.05) is 0 Å². The minimum Gasteiger partial charge on any atom is -0.306 e. The molecular formula is C18H22F2N2. The van der Waals surface area contributed by atoms with E-state index in [0.29, 0.717) is 6.54 Å². The molecule has 0 aliphatic heterocycles. The topological polar surface area (TPSA) is 24.9 Å². The Labute approximate surface area is 130 Å². The normalized spacial score (nSPS) is 13.1. The van der Waals surface area contributed by atoms with E-state index in [1.165, 1.54) is 6.07 Å². The summed E-state index contributed by atoms with van der Waals surface area (Å²) in [4.78, 5) is 4.17. The molecule has 0 saturated carbocycles. The molecule has 0 bridgehead atoms. The van der Waals surface area contributed by atoms with E-state index in [1.54, 1.807) is 12.3 Å². The van der Waals surface area contributed by atoms with Gasteiger partial charge in [-0.3, -0.25) is 4.98 Å². The van der Waals surface area contributed by atoms with Gasteiger partial charge in [0.25, 0.3) is 0 Å².